The maximum absolute atomic E-state index is 8.88. The van der Waals surface area contributed by atoms with Gasteiger partial charge in [-0.2, -0.15) is 5.26 Å². The summed E-state index contributed by atoms with van der Waals surface area (Å²) in [7, 11) is 0. The summed E-state index contributed by atoms with van der Waals surface area (Å²) in [6, 6.07) is 6.44. The molecule has 98 valence electrons. The third kappa shape index (κ3) is 3.73. The van der Waals surface area contributed by atoms with E-state index >= 15 is 0 Å². The second-order valence-electron chi connectivity index (χ2n) is 5.72. The zero-order valence-corrected chi connectivity index (χ0v) is 12.1. The van der Waals surface area contributed by atoms with Gasteiger partial charge in [-0.1, -0.05) is 26.8 Å². The number of aromatic nitrogens is 1. The molecule has 1 aromatic heterocycles. The van der Waals surface area contributed by atoms with E-state index in [2.05, 4.69) is 49.7 Å². The Hall–Kier alpha value is -1.56. The van der Waals surface area contributed by atoms with Crippen LogP contribution in [0.5, 0.6) is 0 Å². The van der Waals surface area contributed by atoms with Gasteiger partial charge >= 0.3 is 0 Å². The summed E-state index contributed by atoms with van der Waals surface area (Å²) in [5, 5.41) is 8.88. The molecular formula is C15H23N3. The minimum absolute atomic E-state index is 0.0223. The Bertz CT molecular complexity index is 409. The molecule has 0 spiro atoms. The molecule has 3 nitrogen and oxygen atoms in total. The van der Waals surface area contributed by atoms with E-state index in [9.17, 15) is 0 Å². The van der Waals surface area contributed by atoms with Crippen molar-refractivity contribution in [1.82, 2.24) is 4.98 Å². The van der Waals surface area contributed by atoms with Gasteiger partial charge in [0, 0.05) is 19.3 Å². The lowest BCUT2D eigenvalue weighted by Gasteiger charge is -2.24. The van der Waals surface area contributed by atoms with Crippen LogP contribution in [0.2, 0.25) is 0 Å². The van der Waals surface area contributed by atoms with Crippen molar-refractivity contribution in [2.45, 2.75) is 40.0 Å². The number of pyridine rings is 1. The number of anilines is 1. The van der Waals surface area contributed by atoms with Crippen molar-refractivity contribution in [3.05, 3.63) is 23.9 Å². The largest absolute Gasteiger partial charge is 0.356 e. The average Bonchev–Trinajstić information content (AvgIpc) is 2.34. The highest BCUT2D eigenvalue weighted by Crippen LogP contribution is 2.23. The van der Waals surface area contributed by atoms with Crippen molar-refractivity contribution < 1.29 is 0 Å². The fourth-order valence-electron chi connectivity index (χ4n) is 1.77. The van der Waals surface area contributed by atoms with Crippen LogP contribution >= 0.6 is 0 Å². The maximum atomic E-state index is 8.88. The number of hydrogen-bond donors (Lipinski definition) is 0. The summed E-state index contributed by atoms with van der Waals surface area (Å²) in [5.74, 6) is 0.974. The summed E-state index contributed by atoms with van der Waals surface area (Å²) in [5.41, 5.74) is 1.36. The Kier molecular flexibility index (Phi) is 4.72. The third-order valence-corrected chi connectivity index (χ3v) is 3.03. The van der Waals surface area contributed by atoms with Crippen LogP contribution < -0.4 is 4.90 Å². The topological polar surface area (TPSA) is 39.9 Å². The van der Waals surface area contributed by atoms with Crippen LogP contribution in [0.25, 0.3) is 0 Å². The van der Waals surface area contributed by atoms with Gasteiger partial charge in [0.2, 0.25) is 0 Å². The molecule has 0 aliphatic carbocycles. The van der Waals surface area contributed by atoms with Crippen molar-refractivity contribution in [3.8, 4) is 6.07 Å². The first-order valence-electron chi connectivity index (χ1n) is 6.49. The molecule has 1 atom stereocenters. The summed E-state index contributed by atoms with van der Waals surface area (Å²) >= 11 is 0. The van der Waals surface area contributed by atoms with Gasteiger partial charge in [0.25, 0.3) is 0 Å². The van der Waals surface area contributed by atoms with Crippen LogP contribution in [0, 0.1) is 17.2 Å². The molecule has 0 bridgehead atoms. The highest BCUT2D eigenvalue weighted by molar-refractivity contribution is 5.40. The molecule has 1 rings (SSSR count). The Labute approximate surface area is 110 Å². The van der Waals surface area contributed by atoms with E-state index < -0.39 is 0 Å². The predicted octanol–water partition coefficient (Wildman–Crippen LogP) is 3.37. The number of hydrogen-bond acceptors (Lipinski definition) is 3. The Morgan fingerprint density at radius 1 is 1.39 bits per heavy atom. The summed E-state index contributed by atoms with van der Waals surface area (Å²) in [6.07, 6.45) is 1.94. The Balaban J connectivity index is 2.86. The van der Waals surface area contributed by atoms with Gasteiger partial charge in [-0.25, -0.2) is 4.98 Å². The summed E-state index contributed by atoms with van der Waals surface area (Å²) < 4.78 is 0. The molecule has 0 N–H and O–H groups in total. The number of nitrogens with zero attached hydrogens (tertiary/aromatic N) is 3. The first-order chi connectivity index (χ1) is 8.38. The van der Waals surface area contributed by atoms with Gasteiger partial charge < -0.3 is 4.90 Å². The second kappa shape index (κ2) is 5.86. The molecule has 0 saturated carbocycles. The standard InChI is InChI=1S/C15H23N3/c1-6-18(11-12(2)9-16)14-8-7-13(10-17-14)15(3,4)5/h7-8,10,12H,6,11H2,1-5H3. The predicted molar refractivity (Wildman–Crippen MR) is 75.6 cm³/mol. The molecule has 0 aliphatic rings. The van der Waals surface area contributed by atoms with Crippen molar-refractivity contribution in [3.63, 3.8) is 0 Å². The molecule has 0 amide bonds. The summed E-state index contributed by atoms with van der Waals surface area (Å²) in [4.78, 5) is 6.66. The molecule has 0 radical (unpaired) electrons. The highest BCUT2D eigenvalue weighted by atomic mass is 15.2. The van der Waals surface area contributed by atoms with E-state index in [0.29, 0.717) is 0 Å². The van der Waals surface area contributed by atoms with E-state index in [1.54, 1.807) is 0 Å². The van der Waals surface area contributed by atoms with Gasteiger partial charge in [-0.3, -0.25) is 0 Å². The van der Waals surface area contributed by atoms with Crippen LogP contribution in [-0.2, 0) is 5.41 Å². The molecule has 18 heavy (non-hydrogen) atoms. The molecule has 3 heteroatoms. The summed E-state index contributed by atoms with van der Waals surface area (Å²) in [6.45, 7) is 12.2. The van der Waals surface area contributed by atoms with Crippen molar-refractivity contribution in [1.29, 1.82) is 5.26 Å². The zero-order chi connectivity index (χ0) is 13.8. The van der Waals surface area contributed by atoms with Crippen molar-refractivity contribution in [2.75, 3.05) is 18.0 Å². The Morgan fingerprint density at radius 3 is 2.44 bits per heavy atom. The molecule has 1 heterocycles. The lowest BCUT2D eigenvalue weighted by molar-refractivity contribution is 0.586. The van der Waals surface area contributed by atoms with E-state index in [-0.39, 0.29) is 11.3 Å². The smallest absolute Gasteiger partial charge is 0.128 e. The second-order valence-corrected chi connectivity index (χ2v) is 5.72. The van der Waals surface area contributed by atoms with Gasteiger partial charge in [-0.15, -0.1) is 0 Å². The van der Waals surface area contributed by atoms with Crippen molar-refractivity contribution >= 4 is 5.82 Å². The number of nitriles is 1. The maximum Gasteiger partial charge on any atom is 0.128 e. The van der Waals surface area contributed by atoms with Gasteiger partial charge in [0.1, 0.15) is 5.82 Å². The first-order valence-corrected chi connectivity index (χ1v) is 6.49. The molecule has 1 aromatic rings. The van der Waals surface area contributed by atoms with E-state index in [1.165, 1.54) is 5.56 Å². The van der Waals surface area contributed by atoms with Crippen molar-refractivity contribution in [2.24, 2.45) is 5.92 Å². The van der Waals surface area contributed by atoms with Crippen LogP contribution in [-0.4, -0.2) is 18.1 Å². The third-order valence-electron chi connectivity index (χ3n) is 3.03. The van der Waals surface area contributed by atoms with Crippen LogP contribution in [0.4, 0.5) is 5.82 Å². The molecule has 0 fully saturated rings. The van der Waals surface area contributed by atoms with Crippen LogP contribution in [0.3, 0.4) is 0 Å². The SMILES string of the molecule is CCN(CC(C)C#N)c1ccc(C(C)(C)C)cn1. The lowest BCUT2D eigenvalue weighted by Crippen LogP contribution is -2.28. The minimum Gasteiger partial charge on any atom is -0.356 e. The average molecular weight is 245 g/mol. The van der Waals surface area contributed by atoms with Gasteiger partial charge in [0.15, 0.2) is 0 Å². The molecule has 1 unspecified atom stereocenters. The quantitative estimate of drug-likeness (QED) is 0.816. The van der Waals surface area contributed by atoms with Crippen LogP contribution in [0.1, 0.15) is 40.2 Å². The highest BCUT2D eigenvalue weighted by Gasteiger charge is 2.15. The van der Waals surface area contributed by atoms with Gasteiger partial charge in [0.05, 0.1) is 12.0 Å². The lowest BCUT2D eigenvalue weighted by atomic mass is 9.88. The van der Waals surface area contributed by atoms with Crippen LogP contribution in [0.15, 0.2) is 18.3 Å². The minimum atomic E-state index is 0.0223. The molecule has 0 saturated heterocycles. The normalized spacial score (nSPS) is 12.9. The number of rotatable bonds is 4. The molecule has 0 aliphatic heterocycles. The van der Waals surface area contributed by atoms with E-state index in [0.717, 1.165) is 18.9 Å². The van der Waals surface area contributed by atoms with E-state index in [1.807, 2.05) is 19.2 Å². The fraction of sp³-hybridized carbons (Fsp3) is 0.600. The zero-order valence-electron chi connectivity index (χ0n) is 12.1. The monoisotopic (exact) mass is 245 g/mol. The van der Waals surface area contributed by atoms with Gasteiger partial charge in [-0.05, 0) is 30.9 Å². The Morgan fingerprint density at radius 2 is 2.06 bits per heavy atom. The molecule has 0 aromatic carbocycles. The molecular weight excluding hydrogens is 222 g/mol. The first kappa shape index (κ1) is 14.5. The fourth-order valence-corrected chi connectivity index (χ4v) is 1.77. The van der Waals surface area contributed by atoms with E-state index in [4.69, 9.17) is 5.26 Å².